The molecule has 1 rings (SSSR count). The van der Waals surface area contributed by atoms with Crippen LogP contribution in [0.15, 0.2) is 0 Å². The van der Waals surface area contributed by atoms with Crippen LogP contribution in [-0.4, -0.2) is 36.0 Å². The van der Waals surface area contributed by atoms with Crippen LogP contribution in [0.1, 0.15) is 40.5 Å². The lowest BCUT2D eigenvalue weighted by molar-refractivity contribution is 0.197. The summed E-state index contributed by atoms with van der Waals surface area (Å²) in [7, 11) is 0. The van der Waals surface area contributed by atoms with E-state index in [2.05, 4.69) is 33.4 Å². The van der Waals surface area contributed by atoms with E-state index in [1.54, 1.807) is 18.7 Å². The summed E-state index contributed by atoms with van der Waals surface area (Å²) in [6, 6.07) is -0.146. The van der Waals surface area contributed by atoms with Crippen molar-refractivity contribution in [2.24, 2.45) is 16.9 Å². The van der Waals surface area contributed by atoms with Gasteiger partial charge in [-0.1, -0.05) is 20.8 Å². The molecule has 2 unspecified atom stereocenters. The summed E-state index contributed by atoms with van der Waals surface area (Å²) in [6.45, 7) is 8.12. The van der Waals surface area contributed by atoms with E-state index in [0.29, 0.717) is 6.54 Å². The number of thiol groups is 1. The summed E-state index contributed by atoms with van der Waals surface area (Å²) in [6.07, 6.45) is 5.09. The van der Waals surface area contributed by atoms with Gasteiger partial charge in [0.25, 0.3) is 0 Å². The second kappa shape index (κ2) is 9.45. The topological polar surface area (TPSA) is 52.0 Å². The van der Waals surface area contributed by atoms with Crippen molar-refractivity contribution in [2.45, 2.75) is 57.5 Å². The van der Waals surface area contributed by atoms with Crippen LogP contribution in [0.25, 0.3) is 0 Å². The number of nitrogens with two attached hydrogens (primary N) is 2. The molecule has 5 heteroatoms. The van der Waals surface area contributed by atoms with Gasteiger partial charge < -0.3 is 11.5 Å². The molecular formula is C13H31FN2S2. The lowest BCUT2D eigenvalue weighted by Gasteiger charge is -2.22. The van der Waals surface area contributed by atoms with E-state index >= 15 is 0 Å². The third kappa shape index (κ3) is 10.5. The van der Waals surface area contributed by atoms with E-state index in [9.17, 15) is 4.39 Å². The van der Waals surface area contributed by atoms with Crippen molar-refractivity contribution >= 4 is 24.4 Å². The number of halogens is 1. The van der Waals surface area contributed by atoms with Crippen LogP contribution in [-0.2, 0) is 0 Å². The van der Waals surface area contributed by atoms with Crippen molar-refractivity contribution in [3.8, 4) is 0 Å². The Bertz CT molecular complexity index is 196. The maximum atomic E-state index is 12.8. The minimum Gasteiger partial charge on any atom is -0.329 e. The predicted octanol–water partition coefficient (Wildman–Crippen LogP) is 3.10. The molecule has 1 saturated carbocycles. The van der Waals surface area contributed by atoms with Crippen LogP contribution in [0.3, 0.4) is 0 Å². The molecule has 0 aromatic rings. The summed E-state index contributed by atoms with van der Waals surface area (Å²) in [5.74, 6) is 0. The zero-order chi connectivity index (χ0) is 15.0. The van der Waals surface area contributed by atoms with Gasteiger partial charge in [0, 0.05) is 22.7 Å². The number of rotatable bonds is 3. The summed E-state index contributed by atoms with van der Waals surface area (Å²) >= 11 is 5.87. The van der Waals surface area contributed by atoms with E-state index in [4.69, 9.17) is 11.5 Å². The van der Waals surface area contributed by atoms with Gasteiger partial charge in [0.1, 0.15) is 6.17 Å². The summed E-state index contributed by atoms with van der Waals surface area (Å²) in [5, 5.41) is 0. The molecule has 1 fully saturated rings. The molecule has 2 nitrogen and oxygen atoms in total. The first-order valence-electron chi connectivity index (χ1n) is 6.27. The van der Waals surface area contributed by atoms with Crippen LogP contribution < -0.4 is 11.5 Å². The van der Waals surface area contributed by atoms with Crippen LogP contribution in [0, 0.1) is 5.41 Å². The molecule has 2 atom stereocenters. The first kappa shape index (κ1) is 20.9. The van der Waals surface area contributed by atoms with Crippen molar-refractivity contribution in [3.63, 3.8) is 0 Å². The molecule has 0 aliphatic heterocycles. The van der Waals surface area contributed by atoms with Crippen molar-refractivity contribution in [1.29, 1.82) is 0 Å². The molecule has 112 valence electrons. The lowest BCUT2D eigenvalue weighted by Crippen LogP contribution is -2.42. The van der Waals surface area contributed by atoms with Gasteiger partial charge in [-0.05, 0) is 32.3 Å². The maximum Gasteiger partial charge on any atom is 0.104 e. The molecule has 0 amide bonds. The first-order valence-corrected chi connectivity index (χ1v) is 8.35. The Kier molecular flexibility index (Phi) is 11.0. The number of thioether (sulfide) groups is 1. The fourth-order valence-electron chi connectivity index (χ4n) is 1.44. The van der Waals surface area contributed by atoms with Gasteiger partial charge in [-0.3, -0.25) is 0 Å². The van der Waals surface area contributed by atoms with Crippen molar-refractivity contribution in [2.75, 3.05) is 19.1 Å². The average Bonchev–Trinajstić information content (AvgIpc) is 2.95. The van der Waals surface area contributed by atoms with Crippen LogP contribution >= 0.6 is 24.4 Å². The predicted molar refractivity (Wildman–Crippen MR) is 87.4 cm³/mol. The molecule has 0 aromatic carbocycles. The Morgan fingerprint density at radius 2 is 1.61 bits per heavy atom. The minimum absolute atomic E-state index is 0.146. The smallest absolute Gasteiger partial charge is 0.104 e. The maximum absolute atomic E-state index is 12.8. The van der Waals surface area contributed by atoms with Crippen molar-refractivity contribution < 1.29 is 4.39 Å². The largest absolute Gasteiger partial charge is 0.329 e. The Morgan fingerprint density at radius 1 is 1.33 bits per heavy atom. The Labute approximate surface area is 122 Å². The second-order valence-electron chi connectivity index (χ2n) is 5.77. The second-order valence-corrected chi connectivity index (χ2v) is 7.93. The summed E-state index contributed by atoms with van der Waals surface area (Å²) in [5.41, 5.74) is 10.7. The third-order valence-corrected chi connectivity index (χ3v) is 2.61. The number of hydrogen-bond acceptors (Lipinski definition) is 4. The van der Waals surface area contributed by atoms with E-state index in [0.717, 1.165) is 12.8 Å². The van der Waals surface area contributed by atoms with Crippen molar-refractivity contribution in [1.82, 2.24) is 0 Å². The first-order chi connectivity index (χ1) is 8.05. The quantitative estimate of drug-likeness (QED) is 0.702. The molecule has 4 N–H and O–H groups in total. The van der Waals surface area contributed by atoms with Gasteiger partial charge in [-0.15, -0.1) is 0 Å². The van der Waals surface area contributed by atoms with Crippen LogP contribution in [0.5, 0.6) is 0 Å². The Balaban J connectivity index is 0. The normalized spacial score (nSPS) is 19.7. The molecule has 0 saturated heterocycles. The van der Waals surface area contributed by atoms with E-state index in [-0.39, 0.29) is 16.2 Å². The van der Waals surface area contributed by atoms with Crippen LogP contribution in [0.2, 0.25) is 0 Å². The molecule has 0 aromatic heterocycles. The highest BCUT2D eigenvalue weighted by molar-refractivity contribution is 7.97. The van der Waals surface area contributed by atoms with Gasteiger partial charge in [0.15, 0.2) is 0 Å². The highest BCUT2D eigenvalue weighted by atomic mass is 32.2. The molecular weight excluding hydrogens is 267 g/mol. The van der Waals surface area contributed by atoms with Gasteiger partial charge in [0.2, 0.25) is 0 Å². The minimum atomic E-state index is -0.800. The molecule has 1 aliphatic carbocycles. The monoisotopic (exact) mass is 298 g/mol. The Morgan fingerprint density at radius 3 is 1.67 bits per heavy atom. The van der Waals surface area contributed by atoms with Gasteiger partial charge in [-0.25, -0.2) is 4.39 Å². The van der Waals surface area contributed by atoms with Crippen molar-refractivity contribution in [3.05, 3.63) is 0 Å². The zero-order valence-corrected chi connectivity index (χ0v) is 14.4. The summed E-state index contributed by atoms with van der Waals surface area (Å²) < 4.78 is 13.0. The molecule has 1 aliphatic rings. The van der Waals surface area contributed by atoms with Gasteiger partial charge in [-0.2, -0.15) is 24.4 Å². The van der Waals surface area contributed by atoms with Gasteiger partial charge >= 0.3 is 0 Å². The van der Waals surface area contributed by atoms with Gasteiger partial charge in [0.05, 0.1) is 0 Å². The lowest BCUT2D eigenvalue weighted by atomic mass is 9.93. The van der Waals surface area contributed by atoms with E-state index in [1.807, 2.05) is 12.5 Å². The Hall–Kier alpha value is 0.550. The van der Waals surface area contributed by atoms with E-state index in [1.165, 1.54) is 0 Å². The number of hydrogen-bond donors (Lipinski definition) is 3. The fourth-order valence-corrected chi connectivity index (χ4v) is 1.44. The summed E-state index contributed by atoms with van der Waals surface area (Å²) in [4.78, 5) is 0. The highest BCUT2D eigenvalue weighted by Crippen LogP contribution is 2.51. The number of alkyl halides is 1. The third-order valence-electron chi connectivity index (χ3n) is 2.61. The molecule has 0 spiro atoms. The molecule has 0 heterocycles. The van der Waals surface area contributed by atoms with E-state index < -0.39 is 6.17 Å². The molecule has 0 radical (unpaired) electrons. The average molecular weight is 299 g/mol. The highest BCUT2D eigenvalue weighted by Gasteiger charge is 2.51. The van der Waals surface area contributed by atoms with Crippen LogP contribution in [0.4, 0.5) is 4.39 Å². The SMILES string of the molecule is CC(C)(C)S.CC(F)C1(C(N)CN)CC1.CSC. The fraction of sp³-hybridized carbons (Fsp3) is 1.00. The molecule has 0 bridgehead atoms. The zero-order valence-electron chi connectivity index (χ0n) is 12.7. The molecule has 18 heavy (non-hydrogen) atoms. The standard InChI is InChI=1S/C7H15FN2.C4H10S.C2H6S/c1-5(8)7(2-3-7)6(10)4-9;1-4(2,3)5;1-3-2/h5-6H,2-4,9-10H2,1H3;5H,1-3H3;1-2H3.